The molecule has 0 fully saturated rings. The number of anilines is 1. The molecule has 1 unspecified atom stereocenters. The third-order valence-electron chi connectivity index (χ3n) is 2.84. The number of ether oxygens (including phenoxy) is 1. The SMILES string of the molecule is COC(C)C(=O)Nc1cccc(Cn2ccnc2)c1. The highest BCUT2D eigenvalue weighted by Crippen LogP contribution is 2.12. The molecule has 1 heterocycles. The molecule has 19 heavy (non-hydrogen) atoms. The Kier molecular flexibility index (Phi) is 4.30. The van der Waals surface area contributed by atoms with Crippen LogP contribution in [0.4, 0.5) is 5.69 Å². The summed E-state index contributed by atoms with van der Waals surface area (Å²) >= 11 is 0. The van der Waals surface area contributed by atoms with Gasteiger partial charge in [-0.2, -0.15) is 0 Å². The maximum atomic E-state index is 11.7. The minimum absolute atomic E-state index is 0.151. The number of benzene rings is 1. The molecule has 1 atom stereocenters. The van der Waals surface area contributed by atoms with Gasteiger partial charge in [-0.15, -0.1) is 0 Å². The van der Waals surface area contributed by atoms with Gasteiger partial charge in [0, 0.05) is 31.7 Å². The fraction of sp³-hybridized carbons (Fsp3) is 0.286. The minimum Gasteiger partial charge on any atom is -0.372 e. The third-order valence-corrected chi connectivity index (χ3v) is 2.84. The highest BCUT2D eigenvalue weighted by atomic mass is 16.5. The molecule has 0 aliphatic carbocycles. The maximum absolute atomic E-state index is 11.7. The summed E-state index contributed by atoms with van der Waals surface area (Å²) < 4.78 is 6.95. The largest absolute Gasteiger partial charge is 0.372 e. The van der Waals surface area contributed by atoms with Crippen LogP contribution < -0.4 is 5.32 Å². The standard InChI is InChI=1S/C14H17N3O2/c1-11(19-2)14(18)16-13-5-3-4-12(8-13)9-17-7-6-15-10-17/h3-8,10-11H,9H2,1-2H3,(H,16,18). The Labute approximate surface area is 112 Å². The molecule has 1 N–H and O–H groups in total. The Morgan fingerprint density at radius 1 is 1.53 bits per heavy atom. The Morgan fingerprint density at radius 3 is 3.05 bits per heavy atom. The van der Waals surface area contributed by atoms with Crippen molar-refractivity contribution in [2.75, 3.05) is 12.4 Å². The van der Waals surface area contributed by atoms with Crippen LogP contribution in [0.2, 0.25) is 0 Å². The fourth-order valence-corrected chi connectivity index (χ4v) is 1.69. The van der Waals surface area contributed by atoms with E-state index in [1.807, 2.05) is 35.0 Å². The van der Waals surface area contributed by atoms with Crippen molar-refractivity contribution >= 4 is 11.6 Å². The molecule has 0 bridgehead atoms. The summed E-state index contributed by atoms with van der Waals surface area (Å²) in [4.78, 5) is 15.7. The molecule has 0 saturated carbocycles. The molecule has 0 spiro atoms. The van der Waals surface area contributed by atoms with Gasteiger partial charge in [-0.1, -0.05) is 12.1 Å². The lowest BCUT2D eigenvalue weighted by atomic mass is 10.2. The fourth-order valence-electron chi connectivity index (χ4n) is 1.69. The van der Waals surface area contributed by atoms with E-state index in [0.717, 1.165) is 17.8 Å². The summed E-state index contributed by atoms with van der Waals surface area (Å²) in [5.74, 6) is -0.151. The first kappa shape index (κ1) is 13.3. The lowest BCUT2D eigenvalue weighted by molar-refractivity contribution is -0.124. The Hall–Kier alpha value is -2.14. The number of aromatic nitrogens is 2. The van der Waals surface area contributed by atoms with Gasteiger partial charge in [0.15, 0.2) is 0 Å². The molecular formula is C14H17N3O2. The molecule has 5 heteroatoms. The second-order valence-electron chi connectivity index (χ2n) is 4.30. The molecule has 5 nitrogen and oxygen atoms in total. The van der Waals surface area contributed by atoms with Gasteiger partial charge in [0.05, 0.1) is 6.33 Å². The molecule has 1 aromatic carbocycles. The normalized spacial score (nSPS) is 12.1. The quantitative estimate of drug-likeness (QED) is 0.892. The smallest absolute Gasteiger partial charge is 0.253 e. The first-order valence-corrected chi connectivity index (χ1v) is 6.07. The van der Waals surface area contributed by atoms with Crippen LogP contribution in [0.5, 0.6) is 0 Å². The second kappa shape index (κ2) is 6.15. The van der Waals surface area contributed by atoms with Crippen molar-refractivity contribution in [3.8, 4) is 0 Å². The zero-order valence-corrected chi connectivity index (χ0v) is 11.0. The van der Waals surface area contributed by atoms with Crippen molar-refractivity contribution in [3.63, 3.8) is 0 Å². The number of hydrogen-bond donors (Lipinski definition) is 1. The van der Waals surface area contributed by atoms with E-state index in [9.17, 15) is 4.79 Å². The van der Waals surface area contributed by atoms with Crippen molar-refractivity contribution < 1.29 is 9.53 Å². The van der Waals surface area contributed by atoms with Gasteiger partial charge >= 0.3 is 0 Å². The van der Waals surface area contributed by atoms with Crippen molar-refractivity contribution in [2.45, 2.75) is 19.6 Å². The number of methoxy groups -OCH3 is 1. The molecule has 2 aromatic rings. The van der Waals surface area contributed by atoms with Gasteiger partial charge < -0.3 is 14.6 Å². The van der Waals surface area contributed by atoms with E-state index in [-0.39, 0.29) is 5.91 Å². The summed E-state index contributed by atoms with van der Waals surface area (Å²) in [6.07, 6.45) is 4.94. The van der Waals surface area contributed by atoms with Crippen LogP contribution in [0, 0.1) is 0 Å². The van der Waals surface area contributed by atoms with Gasteiger partial charge in [0.25, 0.3) is 5.91 Å². The summed E-state index contributed by atoms with van der Waals surface area (Å²) in [6.45, 7) is 2.44. The number of carbonyl (C=O) groups is 1. The van der Waals surface area contributed by atoms with Crippen molar-refractivity contribution in [1.29, 1.82) is 0 Å². The van der Waals surface area contributed by atoms with Crippen LogP contribution in [-0.2, 0) is 16.1 Å². The van der Waals surface area contributed by atoms with Gasteiger partial charge in [0.2, 0.25) is 0 Å². The van der Waals surface area contributed by atoms with Gasteiger partial charge in [-0.05, 0) is 24.6 Å². The molecule has 1 aromatic heterocycles. The molecule has 1 amide bonds. The van der Waals surface area contributed by atoms with Crippen LogP contribution in [0.25, 0.3) is 0 Å². The van der Waals surface area contributed by atoms with Crippen LogP contribution in [0.3, 0.4) is 0 Å². The van der Waals surface area contributed by atoms with Crippen LogP contribution in [0.15, 0.2) is 43.0 Å². The van der Waals surface area contributed by atoms with Crippen molar-refractivity contribution in [3.05, 3.63) is 48.5 Å². The van der Waals surface area contributed by atoms with E-state index in [4.69, 9.17) is 4.74 Å². The van der Waals surface area contributed by atoms with Crippen molar-refractivity contribution in [2.24, 2.45) is 0 Å². The minimum atomic E-state index is -0.461. The maximum Gasteiger partial charge on any atom is 0.253 e. The zero-order chi connectivity index (χ0) is 13.7. The molecule has 100 valence electrons. The molecular weight excluding hydrogens is 242 g/mol. The topological polar surface area (TPSA) is 56.1 Å². The lowest BCUT2D eigenvalue weighted by Crippen LogP contribution is -2.26. The molecule has 2 rings (SSSR count). The van der Waals surface area contributed by atoms with E-state index in [0.29, 0.717) is 0 Å². The number of nitrogens with one attached hydrogen (secondary N) is 1. The summed E-state index contributed by atoms with van der Waals surface area (Å²) in [5.41, 5.74) is 1.87. The van der Waals surface area contributed by atoms with Crippen molar-refractivity contribution in [1.82, 2.24) is 9.55 Å². The predicted octanol–water partition coefficient (Wildman–Crippen LogP) is 1.90. The zero-order valence-electron chi connectivity index (χ0n) is 11.0. The molecule has 0 aliphatic heterocycles. The number of carbonyl (C=O) groups excluding carboxylic acids is 1. The average molecular weight is 259 g/mol. The third kappa shape index (κ3) is 3.66. The first-order valence-electron chi connectivity index (χ1n) is 6.07. The predicted molar refractivity (Wildman–Crippen MR) is 72.9 cm³/mol. The summed E-state index contributed by atoms with van der Waals surface area (Å²) in [5, 5.41) is 2.82. The van der Waals surface area contributed by atoms with E-state index in [1.165, 1.54) is 7.11 Å². The Bertz CT molecular complexity index is 537. The molecule has 0 radical (unpaired) electrons. The monoisotopic (exact) mass is 259 g/mol. The van der Waals surface area contributed by atoms with Crippen LogP contribution in [0.1, 0.15) is 12.5 Å². The van der Waals surface area contributed by atoms with Gasteiger partial charge in [-0.3, -0.25) is 4.79 Å². The summed E-state index contributed by atoms with van der Waals surface area (Å²) in [7, 11) is 1.51. The number of amides is 1. The Balaban J connectivity index is 2.05. The number of rotatable bonds is 5. The van der Waals surface area contributed by atoms with E-state index in [1.54, 1.807) is 19.4 Å². The summed E-state index contributed by atoms with van der Waals surface area (Å²) in [6, 6.07) is 7.73. The van der Waals surface area contributed by atoms with Gasteiger partial charge in [0.1, 0.15) is 6.10 Å². The van der Waals surface area contributed by atoms with Crippen LogP contribution in [-0.4, -0.2) is 28.7 Å². The highest BCUT2D eigenvalue weighted by molar-refractivity contribution is 5.93. The highest BCUT2D eigenvalue weighted by Gasteiger charge is 2.11. The van der Waals surface area contributed by atoms with E-state index in [2.05, 4.69) is 10.3 Å². The van der Waals surface area contributed by atoms with E-state index < -0.39 is 6.10 Å². The second-order valence-corrected chi connectivity index (χ2v) is 4.30. The molecule has 0 saturated heterocycles. The van der Waals surface area contributed by atoms with E-state index >= 15 is 0 Å². The number of hydrogen-bond acceptors (Lipinski definition) is 3. The van der Waals surface area contributed by atoms with Crippen LogP contribution >= 0.6 is 0 Å². The molecule has 0 aliphatic rings. The average Bonchev–Trinajstić information content (AvgIpc) is 2.91. The van der Waals surface area contributed by atoms with Gasteiger partial charge in [-0.25, -0.2) is 4.98 Å². The number of imidazole rings is 1. The number of nitrogens with zero attached hydrogens (tertiary/aromatic N) is 2. The first-order chi connectivity index (χ1) is 9.19. The lowest BCUT2D eigenvalue weighted by Gasteiger charge is -2.11. The Morgan fingerprint density at radius 2 is 2.37 bits per heavy atom.